The second kappa shape index (κ2) is 15.1. The molecule has 1 aromatic heterocycles. The Bertz CT molecular complexity index is 1830. The monoisotopic (exact) mass is 719 g/mol. The van der Waals surface area contributed by atoms with E-state index in [0.717, 1.165) is 74.8 Å². The van der Waals surface area contributed by atoms with E-state index < -0.39 is 10.0 Å². The van der Waals surface area contributed by atoms with Crippen molar-refractivity contribution in [1.82, 2.24) is 19.8 Å². The van der Waals surface area contributed by atoms with Crippen LogP contribution in [0.1, 0.15) is 37.2 Å². The van der Waals surface area contributed by atoms with Gasteiger partial charge in [-0.2, -0.15) is 0 Å². The van der Waals surface area contributed by atoms with Crippen LogP contribution in [0.25, 0.3) is 0 Å². The van der Waals surface area contributed by atoms with Crippen LogP contribution in [0.4, 0.5) is 17.3 Å². The van der Waals surface area contributed by atoms with Crippen molar-refractivity contribution in [1.29, 1.82) is 0 Å². The normalized spacial score (nSPS) is 20.3. The summed E-state index contributed by atoms with van der Waals surface area (Å²) in [6, 6.07) is 12.1. The zero-order chi connectivity index (χ0) is 34.5. The van der Waals surface area contributed by atoms with Gasteiger partial charge in [-0.05, 0) is 85.8 Å². The third kappa shape index (κ3) is 7.61. The minimum atomic E-state index is -3.83. The molecule has 0 radical (unpaired) electrons. The number of piperazine rings is 1. The Morgan fingerprint density at radius 1 is 1.06 bits per heavy atom. The van der Waals surface area contributed by atoms with Crippen molar-refractivity contribution in [3.05, 3.63) is 60.4 Å². The fraction of sp³-hybridized carbons (Fsp3) is 0.441. The molecule has 3 aromatic rings. The lowest BCUT2D eigenvalue weighted by Crippen LogP contribution is -2.53. The highest BCUT2D eigenvalue weighted by Crippen LogP contribution is 2.45. The molecule has 2 unspecified atom stereocenters. The van der Waals surface area contributed by atoms with E-state index in [1.54, 1.807) is 31.6 Å². The van der Waals surface area contributed by atoms with Crippen LogP contribution in [0.5, 0.6) is 11.5 Å². The van der Waals surface area contributed by atoms with Crippen molar-refractivity contribution < 1.29 is 22.6 Å². The second-order valence-electron chi connectivity index (χ2n) is 12.6. The summed E-state index contributed by atoms with van der Waals surface area (Å²) in [6.45, 7) is 5.19. The maximum absolute atomic E-state index is 12.7. The van der Waals surface area contributed by atoms with Gasteiger partial charge < -0.3 is 34.6 Å². The Hall–Kier alpha value is -4.54. The molecule has 50 heavy (non-hydrogen) atoms. The van der Waals surface area contributed by atoms with Gasteiger partial charge in [0.2, 0.25) is 5.95 Å². The van der Waals surface area contributed by atoms with Crippen LogP contribution in [-0.2, 0) is 14.8 Å². The van der Waals surface area contributed by atoms with Crippen LogP contribution >= 0.6 is 12.2 Å². The number of anilines is 3. The zero-order valence-corrected chi connectivity index (χ0v) is 29.5. The number of benzene rings is 2. The topological polar surface area (TPSA) is 155 Å². The van der Waals surface area contributed by atoms with Crippen molar-refractivity contribution in [3.63, 3.8) is 0 Å². The Labute approximate surface area is 297 Å². The molecule has 0 aliphatic carbocycles. The van der Waals surface area contributed by atoms with Gasteiger partial charge in [-0.25, -0.2) is 33.1 Å². The van der Waals surface area contributed by atoms with Crippen LogP contribution in [-0.4, -0.2) is 105 Å². The number of methoxy groups -OCH3 is 1. The number of hydrogen-bond acceptors (Lipinski definition) is 12. The molecular formula is C34H41N9O5S2. The first kappa shape index (κ1) is 33.9. The Kier molecular flexibility index (Phi) is 10.3. The lowest BCUT2D eigenvalue weighted by molar-refractivity contribution is 0.0620. The maximum Gasteiger partial charge on any atom is 0.264 e. The van der Waals surface area contributed by atoms with Crippen LogP contribution < -0.4 is 24.8 Å². The van der Waals surface area contributed by atoms with Gasteiger partial charge in [-0.1, -0.05) is 0 Å². The molecule has 5 heterocycles. The molecule has 0 bridgehead atoms. The first-order valence-electron chi connectivity index (χ1n) is 16.9. The molecule has 2 fully saturated rings. The summed E-state index contributed by atoms with van der Waals surface area (Å²) in [4.78, 5) is 21.8. The van der Waals surface area contributed by atoms with E-state index in [9.17, 15) is 8.42 Å². The van der Waals surface area contributed by atoms with Gasteiger partial charge in [-0.3, -0.25) is 0 Å². The average Bonchev–Trinajstić information content (AvgIpc) is 3.51. The van der Waals surface area contributed by atoms with Crippen molar-refractivity contribution in [2.75, 3.05) is 68.5 Å². The summed E-state index contributed by atoms with van der Waals surface area (Å²) in [5.74, 6) is 3.07. The molecule has 2 aromatic carbocycles. The molecule has 0 spiro atoms. The molecule has 0 amide bonds. The quantitative estimate of drug-likeness (QED) is 0.204. The molecule has 16 heteroatoms. The number of nitrogens with one attached hydrogen (secondary N) is 3. The largest absolute Gasteiger partial charge is 0.493 e. The number of thiocarbonyl (C=S) groups is 1. The van der Waals surface area contributed by atoms with Gasteiger partial charge in [0, 0.05) is 69.2 Å². The van der Waals surface area contributed by atoms with Crippen LogP contribution in [0.2, 0.25) is 0 Å². The van der Waals surface area contributed by atoms with Crippen LogP contribution in [0.3, 0.4) is 0 Å². The standard InChI is InChI=1S/C34H41N9O5S2/c1-46-28-21-27-26(20-29(28)48-17-2-4-23-9-18-47-19-10-23)30-31(40-27)37-22-38-32(30)42-13-15-43(16-14-42)34(49)39-24-5-7-25(8-6-24)50(44,45)41-33-35-11-3-12-36-33/h3,5-8,11-12,20-23,30-31,40H,2,4,9-10,13-19H2,1H3,(H,39,49)(H,35,36,41). The van der Waals surface area contributed by atoms with E-state index >= 15 is 0 Å². The molecule has 4 aliphatic heterocycles. The summed E-state index contributed by atoms with van der Waals surface area (Å²) in [5.41, 5.74) is 2.77. The number of fused-ring (bicyclic) bond motifs is 3. The van der Waals surface area contributed by atoms with E-state index in [1.807, 2.05) is 6.07 Å². The van der Waals surface area contributed by atoms with Crippen LogP contribution in [0, 0.1) is 5.92 Å². The molecule has 2 saturated heterocycles. The SMILES string of the molecule is COc1cc2c(cc1OCCCC1CCOCC1)C1C(N3CCN(C(=S)Nc4ccc(S(=O)(=O)Nc5ncccn5)cc4)CC3)=NC=NC1N2. The number of rotatable bonds is 10. The summed E-state index contributed by atoms with van der Waals surface area (Å²) in [5, 5.41) is 7.37. The van der Waals surface area contributed by atoms with Gasteiger partial charge in [0.1, 0.15) is 18.3 Å². The predicted molar refractivity (Wildman–Crippen MR) is 196 cm³/mol. The van der Waals surface area contributed by atoms with Gasteiger partial charge in [0.05, 0.1) is 24.5 Å². The molecule has 7 rings (SSSR count). The summed E-state index contributed by atoms with van der Waals surface area (Å²) in [6.07, 6.45) is 8.81. The van der Waals surface area contributed by atoms with E-state index in [0.29, 0.717) is 42.2 Å². The van der Waals surface area contributed by atoms with E-state index in [1.165, 1.54) is 24.5 Å². The van der Waals surface area contributed by atoms with Gasteiger partial charge in [-0.15, -0.1) is 0 Å². The minimum absolute atomic E-state index is 0.0106. The van der Waals surface area contributed by atoms with E-state index in [-0.39, 0.29) is 22.9 Å². The predicted octanol–water partition coefficient (Wildman–Crippen LogP) is 4.16. The Morgan fingerprint density at radius 2 is 1.82 bits per heavy atom. The smallest absolute Gasteiger partial charge is 0.264 e. The fourth-order valence-corrected chi connectivity index (χ4v) is 8.01. The fourth-order valence-electron chi connectivity index (χ4n) is 6.75. The van der Waals surface area contributed by atoms with Crippen LogP contribution in [0.15, 0.2) is 69.7 Å². The summed E-state index contributed by atoms with van der Waals surface area (Å²) >= 11 is 5.75. The molecule has 0 saturated carbocycles. The number of amidine groups is 1. The average molecular weight is 720 g/mol. The third-order valence-electron chi connectivity index (χ3n) is 9.44. The maximum atomic E-state index is 12.7. The first-order valence-corrected chi connectivity index (χ1v) is 18.8. The zero-order valence-electron chi connectivity index (χ0n) is 27.8. The molecule has 2 atom stereocenters. The Balaban J connectivity index is 0.949. The lowest BCUT2D eigenvalue weighted by atomic mass is 9.95. The van der Waals surface area contributed by atoms with Crippen molar-refractivity contribution in [2.45, 2.75) is 42.7 Å². The third-order valence-corrected chi connectivity index (χ3v) is 11.1. The van der Waals surface area contributed by atoms with Gasteiger partial charge in [0.25, 0.3) is 10.0 Å². The first-order chi connectivity index (χ1) is 24.4. The van der Waals surface area contributed by atoms with Crippen molar-refractivity contribution >= 4 is 56.9 Å². The number of aromatic nitrogens is 2. The highest BCUT2D eigenvalue weighted by atomic mass is 32.2. The van der Waals surface area contributed by atoms with Crippen molar-refractivity contribution in [2.24, 2.45) is 15.9 Å². The van der Waals surface area contributed by atoms with Crippen molar-refractivity contribution in [3.8, 4) is 11.5 Å². The molecule has 3 N–H and O–H groups in total. The summed E-state index contributed by atoms with van der Waals surface area (Å²) < 4.78 is 45.4. The van der Waals surface area contributed by atoms with Gasteiger partial charge >= 0.3 is 0 Å². The molecular weight excluding hydrogens is 679 g/mol. The number of hydrogen-bond donors (Lipinski definition) is 3. The number of nitrogens with zero attached hydrogens (tertiary/aromatic N) is 6. The summed E-state index contributed by atoms with van der Waals surface area (Å²) in [7, 11) is -2.16. The number of sulfonamides is 1. The lowest BCUT2D eigenvalue weighted by Gasteiger charge is -2.40. The highest BCUT2D eigenvalue weighted by Gasteiger charge is 2.41. The highest BCUT2D eigenvalue weighted by molar-refractivity contribution is 7.92. The molecule has 14 nitrogen and oxygen atoms in total. The molecule has 264 valence electrons. The second-order valence-corrected chi connectivity index (χ2v) is 14.6. The van der Waals surface area contributed by atoms with E-state index in [4.69, 9.17) is 31.4 Å². The van der Waals surface area contributed by atoms with E-state index in [2.05, 4.69) is 46.2 Å². The molecule has 4 aliphatic rings. The van der Waals surface area contributed by atoms with Gasteiger partial charge in [0.15, 0.2) is 16.6 Å². The Morgan fingerprint density at radius 3 is 2.56 bits per heavy atom. The number of ether oxygens (including phenoxy) is 3. The minimum Gasteiger partial charge on any atom is -0.493 e. The number of aliphatic imine (C=N–C) groups is 2.